The summed E-state index contributed by atoms with van der Waals surface area (Å²) in [5.74, 6) is 0.865. The highest BCUT2D eigenvalue weighted by atomic mass is 16.5. The Hall–Kier alpha value is -1.53. The number of ether oxygens (including phenoxy) is 2. The van der Waals surface area contributed by atoms with Gasteiger partial charge in [0.25, 0.3) is 0 Å². The van der Waals surface area contributed by atoms with E-state index in [-0.39, 0.29) is 0 Å². The Morgan fingerprint density at radius 2 is 2.18 bits per heavy atom. The van der Waals surface area contributed by atoms with Gasteiger partial charge in [0.15, 0.2) is 0 Å². The van der Waals surface area contributed by atoms with Gasteiger partial charge in [-0.15, -0.1) is 0 Å². The third kappa shape index (κ3) is 3.76. The minimum Gasteiger partial charge on any atom is -0.493 e. The first-order valence-electron chi connectivity index (χ1n) is 6.09. The summed E-state index contributed by atoms with van der Waals surface area (Å²) < 4.78 is 11.2. The quantitative estimate of drug-likeness (QED) is 0.782. The SMILES string of the molecule is N#CCc1ccc(OCCC2CCCO2)cc1. The lowest BCUT2D eigenvalue weighted by atomic mass is 10.1. The van der Waals surface area contributed by atoms with Gasteiger partial charge in [-0.1, -0.05) is 12.1 Å². The zero-order valence-electron chi connectivity index (χ0n) is 9.89. The van der Waals surface area contributed by atoms with E-state index >= 15 is 0 Å². The van der Waals surface area contributed by atoms with E-state index in [0.29, 0.717) is 19.1 Å². The molecule has 1 aromatic carbocycles. The van der Waals surface area contributed by atoms with Crippen molar-refractivity contribution in [3.05, 3.63) is 29.8 Å². The molecule has 1 fully saturated rings. The van der Waals surface area contributed by atoms with Crippen LogP contribution in [0.25, 0.3) is 0 Å². The first kappa shape index (κ1) is 11.9. The summed E-state index contributed by atoms with van der Waals surface area (Å²) in [6.07, 6.45) is 4.13. The smallest absolute Gasteiger partial charge is 0.119 e. The lowest BCUT2D eigenvalue weighted by Crippen LogP contribution is -2.10. The van der Waals surface area contributed by atoms with Crippen molar-refractivity contribution < 1.29 is 9.47 Å². The standard InChI is InChI=1S/C14H17NO2/c15-9-7-12-3-5-14(6-4-12)17-11-8-13-2-1-10-16-13/h3-6,13H,1-2,7-8,10-11H2. The monoisotopic (exact) mass is 231 g/mol. The number of rotatable bonds is 5. The van der Waals surface area contributed by atoms with Crippen LogP contribution in [0.3, 0.4) is 0 Å². The largest absolute Gasteiger partial charge is 0.493 e. The molecule has 3 nitrogen and oxygen atoms in total. The Bertz CT molecular complexity index is 374. The molecule has 1 unspecified atom stereocenters. The fourth-order valence-electron chi connectivity index (χ4n) is 1.98. The lowest BCUT2D eigenvalue weighted by molar-refractivity contribution is 0.0903. The van der Waals surface area contributed by atoms with Gasteiger partial charge in [0.1, 0.15) is 5.75 Å². The second-order valence-corrected chi connectivity index (χ2v) is 4.25. The van der Waals surface area contributed by atoms with Gasteiger partial charge in [-0.3, -0.25) is 0 Å². The fourth-order valence-corrected chi connectivity index (χ4v) is 1.98. The van der Waals surface area contributed by atoms with Crippen LogP contribution in [0.2, 0.25) is 0 Å². The van der Waals surface area contributed by atoms with Crippen LogP contribution in [0.1, 0.15) is 24.8 Å². The van der Waals surface area contributed by atoms with E-state index in [1.165, 1.54) is 6.42 Å². The summed E-state index contributed by atoms with van der Waals surface area (Å²) in [5, 5.41) is 8.56. The number of nitrogens with zero attached hydrogens (tertiary/aromatic N) is 1. The van der Waals surface area contributed by atoms with E-state index in [9.17, 15) is 0 Å². The van der Waals surface area contributed by atoms with Gasteiger partial charge in [0, 0.05) is 13.0 Å². The van der Waals surface area contributed by atoms with Gasteiger partial charge < -0.3 is 9.47 Å². The topological polar surface area (TPSA) is 42.2 Å². The van der Waals surface area contributed by atoms with E-state index < -0.39 is 0 Å². The van der Waals surface area contributed by atoms with Crippen LogP contribution in [0.15, 0.2) is 24.3 Å². The Morgan fingerprint density at radius 3 is 2.82 bits per heavy atom. The predicted molar refractivity (Wildman–Crippen MR) is 64.8 cm³/mol. The van der Waals surface area contributed by atoms with Gasteiger partial charge in [0.2, 0.25) is 0 Å². The Labute approximate surface area is 102 Å². The van der Waals surface area contributed by atoms with Crippen molar-refractivity contribution in [1.29, 1.82) is 5.26 Å². The maximum absolute atomic E-state index is 8.56. The van der Waals surface area contributed by atoms with Crippen molar-refractivity contribution in [3.63, 3.8) is 0 Å². The molecule has 0 N–H and O–H groups in total. The molecule has 1 aliphatic rings. The Balaban J connectivity index is 1.73. The van der Waals surface area contributed by atoms with Crippen LogP contribution in [-0.4, -0.2) is 19.3 Å². The summed E-state index contributed by atoms with van der Waals surface area (Å²) in [7, 11) is 0. The van der Waals surface area contributed by atoms with Crippen molar-refractivity contribution >= 4 is 0 Å². The van der Waals surface area contributed by atoms with Gasteiger partial charge in [-0.25, -0.2) is 0 Å². The molecule has 90 valence electrons. The van der Waals surface area contributed by atoms with Crippen molar-refractivity contribution in [3.8, 4) is 11.8 Å². The average molecular weight is 231 g/mol. The molecule has 3 heteroatoms. The molecule has 1 aromatic rings. The molecule has 1 aliphatic heterocycles. The molecule has 0 amide bonds. The minimum atomic E-state index is 0.382. The van der Waals surface area contributed by atoms with Gasteiger partial charge in [-0.05, 0) is 30.5 Å². The Kier molecular flexibility index (Phi) is 4.40. The number of hydrogen-bond acceptors (Lipinski definition) is 3. The van der Waals surface area contributed by atoms with E-state index in [0.717, 1.165) is 30.8 Å². The van der Waals surface area contributed by atoms with Crippen LogP contribution in [0.4, 0.5) is 0 Å². The van der Waals surface area contributed by atoms with E-state index in [1.54, 1.807) is 0 Å². The highest BCUT2D eigenvalue weighted by Gasteiger charge is 2.14. The van der Waals surface area contributed by atoms with Crippen molar-refractivity contribution in [2.45, 2.75) is 31.8 Å². The Morgan fingerprint density at radius 1 is 1.35 bits per heavy atom. The van der Waals surface area contributed by atoms with E-state index in [4.69, 9.17) is 14.7 Å². The van der Waals surface area contributed by atoms with Crippen molar-refractivity contribution in [2.75, 3.05) is 13.2 Å². The lowest BCUT2D eigenvalue weighted by Gasteiger charge is -2.10. The summed E-state index contributed by atoms with van der Waals surface area (Å²) in [4.78, 5) is 0. The van der Waals surface area contributed by atoms with Crippen LogP contribution in [0, 0.1) is 11.3 Å². The van der Waals surface area contributed by atoms with E-state index in [1.807, 2.05) is 24.3 Å². The van der Waals surface area contributed by atoms with Gasteiger partial charge in [-0.2, -0.15) is 5.26 Å². The molecular formula is C14H17NO2. The molecular weight excluding hydrogens is 214 g/mol. The summed E-state index contributed by atoms with van der Waals surface area (Å²) >= 11 is 0. The molecule has 0 radical (unpaired) electrons. The predicted octanol–water partition coefficient (Wildman–Crippen LogP) is 2.70. The third-order valence-corrected chi connectivity index (χ3v) is 2.94. The third-order valence-electron chi connectivity index (χ3n) is 2.94. The van der Waals surface area contributed by atoms with Crippen LogP contribution < -0.4 is 4.74 Å². The zero-order chi connectivity index (χ0) is 11.9. The second-order valence-electron chi connectivity index (χ2n) is 4.25. The zero-order valence-corrected chi connectivity index (χ0v) is 9.89. The first-order chi connectivity index (χ1) is 8.38. The number of hydrogen-bond donors (Lipinski definition) is 0. The summed E-state index contributed by atoms with van der Waals surface area (Å²) in [6, 6.07) is 9.83. The highest BCUT2D eigenvalue weighted by Crippen LogP contribution is 2.17. The highest BCUT2D eigenvalue weighted by molar-refractivity contribution is 5.28. The van der Waals surface area contributed by atoms with Crippen molar-refractivity contribution in [2.24, 2.45) is 0 Å². The van der Waals surface area contributed by atoms with E-state index in [2.05, 4.69) is 6.07 Å². The summed E-state index contributed by atoms with van der Waals surface area (Å²) in [5.41, 5.74) is 1.03. The molecule has 0 saturated carbocycles. The molecule has 0 spiro atoms. The first-order valence-corrected chi connectivity index (χ1v) is 6.09. The molecule has 0 aromatic heterocycles. The van der Waals surface area contributed by atoms with Crippen LogP contribution >= 0.6 is 0 Å². The maximum Gasteiger partial charge on any atom is 0.119 e. The van der Waals surface area contributed by atoms with Gasteiger partial charge in [0.05, 0.1) is 25.2 Å². The molecule has 0 bridgehead atoms. The van der Waals surface area contributed by atoms with Crippen LogP contribution in [0.5, 0.6) is 5.75 Å². The maximum atomic E-state index is 8.56. The normalized spacial score (nSPS) is 18.9. The average Bonchev–Trinajstić information content (AvgIpc) is 2.85. The molecule has 17 heavy (non-hydrogen) atoms. The second kappa shape index (κ2) is 6.27. The molecule has 1 atom stereocenters. The fraction of sp³-hybridized carbons (Fsp3) is 0.500. The summed E-state index contributed by atoms with van der Waals surface area (Å²) in [6.45, 7) is 1.59. The van der Waals surface area contributed by atoms with Crippen molar-refractivity contribution in [1.82, 2.24) is 0 Å². The van der Waals surface area contributed by atoms with Gasteiger partial charge >= 0.3 is 0 Å². The number of nitriles is 1. The van der Waals surface area contributed by atoms with Crippen LogP contribution in [-0.2, 0) is 11.2 Å². The molecule has 1 saturated heterocycles. The number of benzene rings is 1. The molecule has 1 heterocycles. The molecule has 2 rings (SSSR count). The minimum absolute atomic E-state index is 0.382. The molecule has 0 aliphatic carbocycles.